The maximum Gasteiger partial charge on any atom is 0.0540 e. The van der Waals surface area contributed by atoms with Gasteiger partial charge in [-0.15, -0.1) is 0 Å². The van der Waals surface area contributed by atoms with Gasteiger partial charge in [-0.25, -0.2) is 0 Å². The molecule has 1 fully saturated rings. The smallest absolute Gasteiger partial charge is 0.0540 e. The van der Waals surface area contributed by atoms with E-state index >= 15 is 0 Å². The van der Waals surface area contributed by atoms with E-state index in [0.29, 0.717) is 12.5 Å². The number of rotatable bonds is 3. The predicted molar refractivity (Wildman–Crippen MR) is 83.3 cm³/mol. The molecule has 2 unspecified atom stereocenters. The molecule has 1 aliphatic rings. The van der Waals surface area contributed by atoms with E-state index in [1.807, 2.05) is 6.07 Å². The van der Waals surface area contributed by atoms with Crippen LogP contribution in [0.3, 0.4) is 0 Å². The molecule has 1 heterocycles. The first kappa shape index (κ1) is 15.1. The van der Waals surface area contributed by atoms with Gasteiger partial charge in [-0.3, -0.25) is 4.90 Å². The molecule has 1 aliphatic heterocycles. The van der Waals surface area contributed by atoms with Gasteiger partial charge in [0.1, 0.15) is 0 Å². The summed E-state index contributed by atoms with van der Waals surface area (Å²) < 4.78 is 0. The van der Waals surface area contributed by atoms with E-state index in [9.17, 15) is 0 Å². The Morgan fingerprint density at radius 2 is 2.20 bits per heavy atom. The van der Waals surface area contributed by atoms with Crippen LogP contribution in [0.5, 0.6) is 0 Å². The zero-order valence-corrected chi connectivity index (χ0v) is 12.6. The molecule has 2 atom stereocenters. The molecule has 1 aromatic carbocycles. The minimum absolute atomic E-state index is 0.135. The van der Waals surface area contributed by atoms with Crippen LogP contribution in [0.4, 0.5) is 0 Å². The maximum atomic E-state index is 8.76. The lowest BCUT2D eigenvalue weighted by molar-refractivity contribution is 0.106. The maximum absolute atomic E-state index is 8.76. The van der Waals surface area contributed by atoms with Crippen molar-refractivity contribution in [3.8, 4) is 11.8 Å². The second-order valence-electron chi connectivity index (χ2n) is 5.81. The van der Waals surface area contributed by atoms with E-state index in [1.54, 1.807) is 0 Å². The fourth-order valence-electron chi connectivity index (χ4n) is 2.85. The Hall–Kier alpha value is -1.30. The van der Waals surface area contributed by atoms with Crippen LogP contribution in [0.1, 0.15) is 44.2 Å². The topological polar surface area (TPSA) is 23.5 Å². The molecule has 0 amide bonds. The van der Waals surface area contributed by atoms with Crippen LogP contribution < -0.4 is 0 Å². The van der Waals surface area contributed by atoms with E-state index in [2.05, 4.69) is 48.8 Å². The first-order valence-corrected chi connectivity index (χ1v) is 7.63. The first-order valence-electron chi connectivity index (χ1n) is 7.63. The van der Waals surface area contributed by atoms with Crippen molar-refractivity contribution in [2.45, 2.75) is 45.7 Å². The van der Waals surface area contributed by atoms with Crippen molar-refractivity contribution in [1.82, 2.24) is 4.90 Å². The Bertz CT molecular complexity index is 486. The summed E-state index contributed by atoms with van der Waals surface area (Å²) >= 11 is 0. The van der Waals surface area contributed by atoms with Gasteiger partial charge in [-0.05, 0) is 49.9 Å². The quantitative estimate of drug-likeness (QED) is 0.854. The third-order valence-electron chi connectivity index (χ3n) is 4.29. The van der Waals surface area contributed by atoms with Gasteiger partial charge >= 0.3 is 0 Å². The monoisotopic (exact) mass is 271 g/mol. The van der Waals surface area contributed by atoms with Crippen LogP contribution in [0.2, 0.25) is 0 Å². The summed E-state index contributed by atoms with van der Waals surface area (Å²) in [4.78, 5) is 2.58. The average molecular weight is 271 g/mol. The lowest BCUT2D eigenvalue weighted by atomic mass is 9.91. The Balaban J connectivity index is 2.02. The summed E-state index contributed by atoms with van der Waals surface area (Å²) in [5.74, 6) is 6.89. The van der Waals surface area contributed by atoms with Gasteiger partial charge in [0.05, 0.1) is 6.61 Å². The van der Waals surface area contributed by atoms with Gasteiger partial charge in [0.2, 0.25) is 0 Å². The van der Waals surface area contributed by atoms with E-state index in [-0.39, 0.29) is 6.61 Å². The Labute approximate surface area is 122 Å². The molecule has 20 heavy (non-hydrogen) atoms. The molecular weight excluding hydrogens is 246 g/mol. The Morgan fingerprint density at radius 3 is 3.00 bits per heavy atom. The molecule has 2 heteroatoms. The van der Waals surface area contributed by atoms with Crippen molar-refractivity contribution in [3.05, 3.63) is 35.4 Å². The number of aliphatic hydroxyl groups is 1. The molecule has 0 spiro atoms. The number of piperidine rings is 1. The van der Waals surface area contributed by atoms with Crippen molar-refractivity contribution in [1.29, 1.82) is 0 Å². The van der Waals surface area contributed by atoms with Gasteiger partial charge in [0.25, 0.3) is 0 Å². The highest BCUT2D eigenvalue weighted by atomic mass is 16.2. The van der Waals surface area contributed by atoms with Gasteiger partial charge < -0.3 is 5.11 Å². The van der Waals surface area contributed by atoms with Gasteiger partial charge in [0, 0.05) is 24.6 Å². The van der Waals surface area contributed by atoms with Crippen LogP contribution in [-0.4, -0.2) is 29.2 Å². The molecule has 2 rings (SSSR count). The fraction of sp³-hybridized carbons (Fsp3) is 0.556. The van der Waals surface area contributed by atoms with Crippen molar-refractivity contribution in [3.63, 3.8) is 0 Å². The number of hydrogen-bond acceptors (Lipinski definition) is 2. The molecule has 0 saturated carbocycles. The highest BCUT2D eigenvalue weighted by molar-refractivity contribution is 5.37. The molecular formula is C18H25NO. The van der Waals surface area contributed by atoms with E-state index in [1.165, 1.54) is 24.9 Å². The second kappa shape index (κ2) is 7.47. The fourth-order valence-corrected chi connectivity index (χ4v) is 2.85. The molecule has 2 nitrogen and oxygen atoms in total. The summed E-state index contributed by atoms with van der Waals surface area (Å²) in [5.41, 5.74) is 2.38. The van der Waals surface area contributed by atoms with Crippen molar-refractivity contribution < 1.29 is 5.11 Å². The van der Waals surface area contributed by atoms with E-state index < -0.39 is 0 Å². The predicted octanol–water partition coefficient (Wildman–Crippen LogP) is 3.04. The summed E-state index contributed by atoms with van der Waals surface area (Å²) in [6.45, 7) is 7.05. The molecule has 1 saturated heterocycles. The molecule has 108 valence electrons. The van der Waals surface area contributed by atoms with Crippen LogP contribution in [0.15, 0.2) is 24.3 Å². The second-order valence-corrected chi connectivity index (χ2v) is 5.81. The van der Waals surface area contributed by atoms with Crippen LogP contribution in [0.25, 0.3) is 0 Å². The minimum Gasteiger partial charge on any atom is -0.395 e. The number of hydrogen-bond donors (Lipinski definition) is 1. The molecule has 1 aromatic rings. The van der Waals surface area contributed by atoms with E-state index in [0.717, 1.165) is 18.0 Å². The largest absolute Gasteiger partial charge is 0.395 e. The van der Waals surface area contributed by atoms with Crippen LogP contribution in [-0.2, 0) is 6.54 Å². The standard InChI is InChI=1S/C18H25NO/c1-15-7-6-11-19(16(15)2)14-18-10-5-9-17(13-18)8-3-4-12-20/h5,9-10,13,15-16,20H,4,6-7,11-12,14H2,1-2H3. The number of benzene rings is 1. The van der Waals surface area contributed by atoms with Gasteiger partial charge in [-0.1, -0.05) is 30.9 Å². The third-order valence-corrected chi connectivity index (χ3v) is 4.29. The summed E-state index contributed by atoms with van der Waals surface area (Å²) in [6, 6.07) is 9.14. The summed E-state index contributed by atoms with van der Waals surface area (Å²) in [6.07, 6.45) is 3.21. The molecule has 0 bridgehead atoms. The molecule has 0 aliphatic carbocycles. The lowest BCUT2D eigenvalue weighted by Crippen LogP contribution is -2.41. The normalized spacial score (nSPS) is 23.1. The molecule has 0 aromatic heterocycles. The number of nitrogens with zero attached hydrogens (tertiary/aromatic N) is 1. The minimum atomic E-state index is 0.135. The Morgan fingerprint density at radius 1 is 1.35 bits per heavy atom. The van der Waals surface area contributed by atoms with Crippen LogP contribution >= 0.6 is 0 Å². The van der Waals surface area contributed by atoms with E-state index in [4.69, 9.17) is 5.11 Å². The third kappa shape index (κ3) is 4.10. The molecule has 1 N–H and O–H groups in total. The average Bonchev–Trinajstić information content (AvgIpc) is 2.45. The zero-order chi connectivity index (χ0) is 14.4. The van der Waals surface area contributed by atoms with Crippen molar-refractivity contribution in [2.75, 3.05) is 13.2 Å². The summed E-state index contributed by atoms with van der Waals surface area (Å²) in [5, 5.41) is 8.76. The van der Waals surface area contributed by atoms with Crippen molar-refractivity contribution in [2.24, 2.45) is 5.92 Å². The Kier molecular flexibility index (Phi) is 5.64. The lowest BCUT2D eigenvalue weighted by Gasteiger charge is -2.38. The molecule has 0 radical (unpaired) electrons. The number of likely N-dealkylation sites (tertiary alicyclic amines) is 1. The van der Waals surface area contributed by atoms with Gasteiger partial charge in [0.15, 0.2) is 0 Å². The highest BCUT2D eigenvalue weighted by Gasteiger charge is 2.24. The summed E-state index contributed by atoms with van der Waals surface area (Å²) in [7, 11) is 0. The highest BCUT2D eigenvalue weighted by Crippen LogP contribution is 2.24. The van der Waals surface area contributed by atoms with Crippen LogP contribution in [0, 0.1) is 17.8 Å². The first-order chi connectivity index (χ1) is 9.70. The van der Waals surface area contributed by atoms with Crippen molar-refractivity contribution >= 4 is 0 Å². The number of aliphatic hydroxyl groups excluding tert-OH is 1. The zero-order valence-electron chi connectivity index (χ0n) is 12.6. The van der Waals surface area contributed by atoms with Gasteiger partial charge in [-0.2, -0.15) is 0 Å². The SMILES string of the molecule is CC1CCCN(Cc2cccc(C#CCCO)c2)C1C.